The molecule has 132 valence electrons. The third-order valence-electron chi connectivity index (χ3n) is 4.31. The summed E-state index contributed by atoms with van der Waals surface area (Å²) in [5.74, 6) is -0.0741. The Balaban J connectivity index is 1.88. The predicted octanol–water partition coefficient (Wildman–Crippen LogP) is 2.83. The molecule has 2 aromatic carbocycles. The lowest BCUT2D eigenvalue weighted by Crippen LogP contribution is -2.31. The first-order chi connectivity index (χ1) is 11.9. The smallest absolute Gasteiger partial charge is 0.239 e. The third-order valence-corrected chi connectivity index (χ3v) is 6.37. The summed E-state index contributed by atoms with van der Waals surface area (Å²) >= 11 is 0. The Hall–Kier alpha value is -2.34. The summed E-state index contributed by atoms with van der Waals surface area (Å²) in [6, 6.07) is 12.3. The van der Waals surface area contributed by atoms with Gasteiger partial charge in [0.25, 0.3) is 0 Å². The fourth-order valence-corrected chi connectivity index (χ4v) is 4.59. The number of hydrogen-bond acceptors (Lipinski definition) is 4. The molecule has 0 radical (unpaired) electrons. The van der Waals surface area contributed by atoms with Crippen molar-refractivity contribution < 1.29 is 13.2 Å². The molecule has 0 saturated heterocycles. The lowest BCUT2D eigenvalue weighted by atomic mass is 10.1. The molecule has 3 rings (SSSR count). The van der Waals surface area contributed by atoms with Gasteiger partial charge in [-0.05, 0) is 56.0 Å². The molecule has 0 aliphatic heterocycles. The van der Waals surface area contributed by atoms with Gasteiger partial charge >= 0.3 is 0 Å². The Morgan fingerprint density at radius 2 is 1.76 bits per heavy atom. The molecule has 0 heterocycles. The van der Waals surface area contributed by atoms with E-state index < -0.39 is 9.84 Å². The number of nitrogens with one attached hydrogen (secondary N) is 2. The van der Waals surface area contributed by atoms with Crippen molar-refractivity contribution in [1.82, 2.24) is 5.32 Å². The minimum atomic E-state index is -3.61. The molecule has 2 aromatic rings. The molecule has 1 amide bonds. The van der Waals surface area contributed by atoms with Crippen LogP contribution in [0.4, 0.5) is 5.69 Å². The van der Waals surface area contributed by atoms with Crippen molar-refractivity contribution in [2.24, 2.45) is 0 Å². The first-order valence-electron chi connectivity index (χ1n) is 8.33. The number of benzene rings is 2. The molecule has 0 unspecified atom stereocenters. The van der Waals surface area contributed by atoms with Crippen molar-refractivity contribution in [1.29, 1.82) is 0 Å². The van der Waals surface area contributed by atoms with Gasteiger partial charge in [-0.3, -0.25) is 4.79 Å². The van der Waals surface area contributed by atoms with Crippen molar-refractivity contribution in [2.75, 3.05) is 11.9 Å². The number of carbonyl (C=O) groups is 1. The van der Waals surface area contributed by atoms with Crippen LogP contribution >= 0.6 is 0 Å². The van der Waals surface area contributed by atoms with E-state index in [4.69, 9.17) is 0 Å². The number of amides is 1. The van der Waals surface area contributed by atoms with Crippen LogP contribution in [0.2, 0.25) is 0 Å². The Kier molecular flexibility index (Phi) is 4.81. The van der Waals surface area contributed by atoms with Gasteiger partial charge in [0, 0.05) is 11.7 Å². The number of sulfone groups is 1. The Bertz CT molecular complexity index is 888. The monoisotopic (exact) mass is 358 g/mol. The van der Waals surface area contributed by atoms with Gasteiger partial charge in [0.2, 0.25) is 15.7 Å². The molecule has 25 heavy (non-hydrogen) atoms. The number of aryl methyl sites for hydroxylation is 1. The number of anilines is 1. The highest BCUT2D eigenvalue weighted by molar-refractivity contribution is 7.91. The molecule has 1 aliphatic rings. The van der Waals surface area contributed by atoms with Crippen LogP contribution in [0.1, 0.15) is 24.0 Å². The Morgan fingerprint density at radius 1 is 1.08 bits per heavy atom. The number of rotatable bonds is 6. The normalized spacial score (nSPS) is 14.2. The maximum atomic E-state index is 13.0. The van der Waals surface area contributed by atoms with E-state index in [-0.39, 0.29) is 17.3 Å². The fourth-order valence-electron chi connectivity index (χ4n) is 2.83. The van der Waals surface area contributed by atoms with Gasteiger partial charge in [-0.2, -0.15) is 0 Å². The van der Waals surface area contributed by atoms with Gasteiger partial charge in [-0.15, -0.1) is 0 Å². The van der Waals surface area contributed by atoms with Gasteiger partial charge in [0.05, 0.1) is 16.3 Å². The molecule has 5 nitrogen and oxygen atoms in total. The quantitative estimate of drug-likeness (QED) is 0.833. The topological polar surface area (TPSA) is 75.3 Å². The molecular weight excluding hydrogens is 336 g/mol. The van der Waals surface area contributed by atoms with Crippen molar-refractivity contribution in [3.8, 4) is 0 Å². The Morgan fingerprint density at radius 3 is 2.40 bits per heavy atom. The summed E-state index contributed by atoms with van der Waals surface area (Å²) in [7, 11) is -3.61. The SMILES string of the molecule is Cc1ccc(NCC(=O)NC2CC2)c(C)c1S(=O)(=O)c1ccccc1. The molecule has 2 N–H and O–H groups in total. The van der Waals surface area contributed by atoms with Crippen LogP contribution in [0.3, 0.4) is 0 Å². The van der Waals surface area contributed by atoms with E-state index in [1.165, 1.54) is 0 Å². The predicted molar refractivity (Wildman–Crippen MR) is 97.5 cm³/mol. The largest absolute Gasteiger partial charge is 0.376 e. The van der Waals surface area contributed by atoms with E-state index >= 15 is 0 Å². The van der Waals surface area contributed by atoms with E-state index in [0.29, 0.717) is 27.8 Å². The van der Waals surface area contributed by atoms with Crippen LogP contribution in [0.5, 0.6) is 0 Å². The van der Waals surface area contributed by atoms with Gasteiger partial charge in [-0.1, -0.05) is 24.3 Å². The van der Waals surface area contributed by atoms with Crippen LogP contribution < -0.4 is 10.6 Å². The van der Waals surface area contributed by atoms with Crippen molar-refractivity contribution >= 4 is 21.4 Å². The second-order valence-electron chi connectivity index (χ2n) is 6.40. The van der Waals surface area contributed by atoms with E-state index in [1.54, 1.807) is 50.2 Å². The molecule has 0 aromatic heterocycles. The zero-order valence-electron chi connectivity index (χ0n) is 14.4. The highest BCUT2D eigenvalue weighted by atomic mass is 32.2. The van der Waals surface area contributed by atoms with Crippen LogP contribution in [0.15, 0.2) is 52.3 Å². The summed E-state index contributed by atoms with van der Waals surface area (Å²) in [4.78, 5) is 12.4. The van der Waals surface area contributed by atoms with Crippen LogP contribution in [-0.4, -0.2) is 26.9 Å². The molecule has 0 bridgehead atoms. The first-order valence-corrected chi connectivity index (χ1v) is 9.81. The minimum Gasteiger partial charge on any atom is -0.376 e. The van der Waals surface area contributed by atoms with E-state index in [1.807, 2.05) is 6.07 Å². The molecule has 6 heteroatoms. The summed E-state index contributed by atoms with van der Waals surface area (Å²) in [5, 5.41) is 5.97. The highest BCUT2D eigenvalue weighted by Gasteiger charge is 2.25. The van der Waals surface area contributed by atoms with Gasteiger partial charge in [0.15, 0.2) is 0 Å². The van der Waals surface area contributed by atoms with E-state index in [0.717, 1.165) is 12.8 Å². The molecule has 0 atom stereocenters. The van der Waals surface area contributed by atoms with Crippen LogP contribution in [-0.2, 0) is 14.6 Å². The van der Waals surface area contributed by atoms with Crippen LogP contribution in [0.25, 0.3) is 0 Å². The molecule has 1 fully saturated rings. The number of hydrogen-bond donors (Lipinski definition) is 2. The van der Waals surface area contributed by atoms with Crippen molar-refractivity contribution in [3.63, 3.8) is 0 Å². The summed E-state index contributed by atoms with van der Waals surface area (Å²) < 4.78 is 26.0. The minimum absolute atomic E-state index is 0.0741. The maximum absolute atomic E-state index is 13.0. The van der Waals surface area contributed by atoms with Crippen molar-refractivity contribution in [2.45, 2.75) is 42.5 Å². The van der Waals surface area contributed by atoms with Gasteiger partial charge < -0.3 is 10.6 Å². The van der Waals surface area contributed by atoms with Crippen molar-refractivity contribution in [3.05, 3.63) is 53.6 Å². The standard InChI is InChI=1S/C19H22N2O3S/c1-13-8-11-17(20-12-18(22)21-15-9-10-15)14(2)19(13)25(23,24)16-6-4-3-5-7-16/h3-8,11,15,20H,9-10,12H2,1-2H3,(H,21,22). The third kappa shape index (κ3) is 3.85. The molecule has 0 spiro atoms. The lowest BCUT2D eigenvalue weighted by molar-refractivity contribution is -0.119. The zero-order chi connectivity index (χ0) is 18.0. The summed E-state index contributed by atoms with van der Waals surface area (Å²) in [6.45, 7) is 3.68. The summed E-state index contributed by atoms with van der Waals surface area (Å²) in [6.07, 6.45) is 2.07. The Labute approximate surface area is 148 Å². The molecule has 1 aliphatic carbocycles. The average Bonchev–Trinajstić information content (AvgIpc) is 3.39. The van der Waals surface area contributed by atoms with E-state index in [9.17, 15) is 13.2 Å². The number of carbonyl (C=O) groups excluding carboxylic acids is 1. The summed E-state index contributed by atoms with van der Waals surface area (Å²) in [5.41, 5.74) is 1.98. The average molecular weight is 358 g/mol. The highest BCUT2D eigenvalue weighted by Crippen LogP contribution is 2.31. The zero-order valence-corrected chi connectivity index (χ0v) is 15.2. The van der Waals surface area contributed by atoms with Crippen LogP contribution in [0, 0.1) is 13.8 Å². The van der Waals surface area contributed by atoms with Gasteiger partial charge in [-0.25, -0.2) is 8.42 Å². The van der Waals surface area contributed by atoms with Gasteiger partial charge in [0.1, 0.15) is 0 Å². The van der Waals surface area contributed by atoms with E-state index in [2.05, 4.69) is 10.6 Å². The second-order valence-corrected chi connectivity index (χ2v) is 8.28. The second kappa shape index (κ2) is 6.88. The fraction of sp³-hybridized carbons (Fsp3) is 0.316. The molecular formula is C19H22N2O3S. The maximum Gasteiger partial charge on any atom is 0.239 e. The first kappa shape index (κ1) is 17.5. The molecule has 1 saturated carbocycles. The lowest BCUT2D eigenvalue weighted by Gasteiger charge is -2.16.